The number of allylic oxidation sites excluding steroid dienone is 2. The molecule has 0 spiro atoms. The predicted molar refractivity (Wildman–Crippen MR) is 98.8 cm³/mol. The number of rotatable bonds is 2. The number of fused-ring (bicyclic) bond motifs is 3. The molecule has 0 atom stereocenters. The molecule has 0 aliphatic heterocycles. The van der Waals surface area contributed by atoms with Crippen LogP contribution >= 0.6 is 0 Å². The van der Waals surface area contributed by atoms with Crippen molar-refractivity contribution in [2.75, 3.05) is 0 Å². The van der Waals surface area contributed by atoms with E-state index in [0.717, 1.165) is 25.7 Å². The van der Waals surface area contributed by atoms with E-state index in [1.54, 1.807) is 6.07 Å². The minimum Gasteiger partial charge on any atom is -0.203 e. The first kappa shape index (κ1) is 18.3. The molecule has 0 saturated heterocycles. The summed E-state index contributed by atoms with van der Waals surface area (Å²) >= 11 is 0. The molecule has 4 heteroatoms. The lowest BCUT2D eigenvalue weighted by Gasteiger charge is -2.28. The Morgan fingerprint density at radius 1 is 0.815 bits per heavy atom. The van der Waals surface area contributed by atoms with Crippen LogP contribution in [0.2, 0.25) is 0 Å². The van der Waals surface area contributed by atoms with Crippen LogP contribution in [0.15, 0.2) is 24.3 Å². The first-order valence-electron chi connectivity index (χ1n) is 9.53. The lowest BCUT2D eigenvalue weighted by molar-refractivity contribution is 0.364. The highest BCUT2D eigenvalue weighted by Crippen LogP contribution is 2.46. The molecule has 0 nitrogen and oxygen atoms in total. The molecule has 2 aromatic carbocycles. The predicted octanol–water partition coefficient (Wildman–Crippen LogP) is 6.97. The highest BCUT2D eigenvalue weighted by Gasteiger charge is 2.33. The van der Waals surface area contributed by atoms with Gasteiger partial charge in [0.05, 0.1) is 0 Å². The molecular formula is C23H22F4. The molecule has 1 fully saturated rings. The van der Waals surface area contributed by atoms with Gasteiger partial charge in [-0.3, -0.25) is 0 Å². The van der Waals surface area contributed by atoms with Crippen LogP contribution in [0, 0.1) is 36.1 Å². The summed E-state index contributed by atoms with van der Waals surface area (Å²) in [5, 5.41) is 0. The Morgan fingerprint density at radius 3 is 2.04 bits per heavy atom. The molecule has 0 N–H and O–H groups in total. The van der Waals surface area contributed by atoms with Crippen LogP contribution < -0.4 is 0 Å². The summed E-state index contributed by atoms with van der Waals surface area (Å²) in [4.78, 5) is 0. The van der Waals surface area contributed by atoms with Gasteiger partial charge in [-0.15, -0.1) is 0 Å². The quantitative estimate of drug-likeness (QED) is 0.335. The van der Waals surface area contributed by atoms with Crippen molar-refractivity contribution in [1.82, 2.24) is 0 Å². The molecular weight excluding hydrogens is 352 g/mol. The van der Waals surface area contributed by atoms with Crippen molar-refractivity contribution in [3.05, 3.63) is 69.8 Å². The zero-order valence-corrected chi connectivity index (χ0v) is 15.5. The molecule has 0 unspecified atom stereocenters. The Hall–Kier alpha value is -2.10. The second kappa shape index (κ2) is 6.81. The molecule has 0 amide bonds. The fourth-order valence-electron chi connectivity index (χ4n) is 4.74. The van der Waals surface area contributed by atoms with Gasteiger partial charge >= 0.3 is 0 Å². The normalized spacial score (nSPS) is 21.6. The average Bonchev–Trinajstić information content (AvgIpc) is 3.02. The van der Waals surface area contributed by atoms with Gasteiger partial charge in [-0.2, -0.15) is 0 Å². The number of hydrogen-bond donors (Lipinski definition) is 0. The van der Waals surface area contributed by atoms with Crippen molar-refractivity contribution in [3.63, 3.8) is 0 Å². The molecule has 0 heterocycles. The van der Waals surface area contributed by atoms with E-state index in [4.69, 9.17) is 0 Å². The largest absolute Gasteiger partial charge is 0.203 e. The maximum Gasteiger partial charge on any atom is 0.167 e. The molecule has 1 saturated carbocycles. The van der Waals surface area contributed by atoms with Crippen molar-refractivity contribution in [2.24, 2.45) is 5.92 Å². The molecule has 4 rings (SSSR count). The van der Waals surface area contributed by atoms with Crippen LogP contribution in [0.4, 0.5) is 17.6 Å². The fourth-order valence-corrected chi connectivity index (χ4v) is 4.74. The van der Waals surface area contributed by atoms with Crippen molar-refractivity contribution in [3.8, 4) is 11.1 Å². The Kier molecular flexibility index (Phi) is 4.61. The smallest absolute Gasteiger partial charge is 0.167 e. The molecule has 0 radical (unpaired) electrons. The maximum absolute atomic E-state index is 14.9. The van der Waals surface area contributed by atoms with E-state index in [1.807, 2.05) is 13.0 Å². The zero-order valence-electron chi connectivity index (χ0n) is 15.5. The molecule has 2 aliphatic carbocycles. The molecule has 2 aromatic rings. The van der Waals surface area contributed by atoms with Crippen LogP contribution in [-0.4, -0.2) is 0 Å². The minimum absolute atomic E-state index is 0.0293. The molecule has 27 heavy (non-hydrogen) atoms. The summed E-state index contributed by atoms with van der Waals surface area (Å²) in [5.74, 6) is -3.55. The number of benzene rings is 2. The second-order valence-electron chi connectivity index (χ2n) is 7.80. The molecule has 2 aliphatic rings. The molecule has 0 bridgehead atoms. The summed E-state index contributed by atoms with van der Waals surface area (Å²) in [6.45, 7) is 3.47. The van der Waals surface area contributed by atoms with E-state index >= 15 is 0 Å². The summed E-state index contributed by atoms with van der Waals surface area (Å²) in [5.41, 5.74) is 1.42. The average molecular weight is 374 g/mol. The summed E-state index contributed by atoms with van der Waals surface area (Å²) in [6.07, 6.45) is 8.03. The standard InChI is InChI=1S/C23H22F4/c1-3-4-13-5-7-14(8-6-13)17-11-16-10-15-9-12(2)20(24)22(26)18(15)19(16)23(27)21(17)25/h3-4,9,11,13-14H,5-8,10H2,1-2H3/b4-3+. The molecule has 142 valence electrons. The van der Waals surface area contributed by atoms with Gasteiger partial charge in [0, 0.05) is 11.1 Å². The van der Waals surface area contributed by atoms with Gasteiger partial charge in [-0.1, -0.05) is 24.3 Å². The topological polar surface area (TPSA) is 0 Å². The SMILES string of the molecule is C/C=C/C1CCC(c2cc3c(c(F)c2F)-c2c(cc(C)c(F)c2F)C3)CC1. The number of aryl methyl sites for hydroxylation is 1. The fraction of sp³-hybridized carbons (Fsp3) is 0.391. The van der Waals surface area contributed by atoms with Crippen LogP contribution in [0.1, 0.15) is 60.8 Å². The van der Waals surface area contributed by atoms with Crippen LogP contribution in [0.25, 0.3) is 11.1 Å². The van der Waals surface area contributed by atoms with Crippen molar-refractivity contribution in [2.45, 2.75) is 51.9 Å². The third kappa shape index (κ3) is 2.90. The Bertz CT molecular complexity index is 934. The van der Waals surface area contributed by atoms with E-state index in [-0.39, 0.29) is 22.6 Å². The highest BCUT2D eigenvalue weighted by atomic mass is 19.2. The van der Waals surface area contributed by atoms with Crippen molar-refractivity contribution < 1.29 is 17.6 Å². The van der Waals surface area contributed by atoms with Gasteiger partial charge in [0.1, 0.15) is 0 Å². The third-order valence-electron chi connectivity index (χ3n) is 6.09. The summed E-state index contributed by atoms with van der Waals surface area (Å²) in [7, 11) is 0. The second-order valence-corrected chi connectivity index (χ2v) is 7.80. The van der Waals surface area contributed by atoms with E-state index in [2.05, 4.69) is 6.08 Å². The van der Waals surface area contributed by atoms with Crippen molar-refractivity contribution >= 4 is 0 Å². The third-order valence-corrected chi connectivity index (χ3v) is 6.09. The lowest BCUT2D eigenvalue weighted by atomic mass is 9.78. The Labute approximate surface area is 156 Å². The monoisotopic (exact) mass is 374 g/mol. The minimum atomic E-state index is -1.08. The van der Waals surface area contributed by atoms with Gasteiger partial charge in [-0.05, 0) is 80.0 Å². The number of hydrogen-bond acceptors (Lipinski definition) is 0. The van der Waals surface area contributed by atoms with Gasteiger partial charge in [-0.25, -0.2) is 17.6 Å². The Morgan fingerprint density at radius 2 is 1.41 bits per heavy atom. The maximum atomic E-state index is 14.9. The first-order valence-corrected chi connectivity index (χ1v) is 9.53. The summed E-state index contributed by atoms with van der Waals surface area (Å²) < 4.78 is 58.3. The Balaban J connectivity index is 1.74. The van der Waals surface area contributed by atoms with E-state index in [0.29, 0.717) is 29.0 Å². The van der Waals surface area contributed by atoms with Gasteiger partial charge < -0.3 is 0 Å². The van der Waals surface area contributed by atoms with Crippen LogP contribution in [-0.2, 0) is 6.42 Å². The first-order chi connectivity index (χ1) is 12.9. The zero-order chi connectivity index (χ0) is 19.3. The summed E-state index contributed by atoms with van der Waals surface area (Å²) in [6, 6.07) is 3.22. The van der Waals surface area contributed by atoms with Gasteiger partial charge in [0.2, 0.25) is 0 Å². The van der Waals surface area contributed by atoms with Crippen molar-refractivity contribution in [1.29, 1.82) is 0 Å². The highest BCUT2D eigenvalue weighted by molar-refractivity contribution is 5.79. The number of halogens is 4. The van der Waals surface area contributed by atoms with Crippen LogP contribution in [0.5, 0.6) is 0 Å². The van der Waals surface area contributed by atoms with Gasteiger partial charge in [0.15, 0.2) is 23.3 Å². The van der Waals surface area contributed by atoms with Crippen LogP contribution in [0.3, 0.4) is 0 Å². The van der Waals surface area contributed by atoms with E-state index < -0.39 is 23.3 Å². The van der Waals surface area contributed by atoms with Gasteiger partial charge in [0.25, 0.3) is 0 Å². The van der Waals surface area contributed by atoms with E-state index in [9.17, 15) is 17.6 Å². The lowest BCUT2D eigenvalue weighted by Crippen LogP contribution is -2.14. The molecule has 0 aromatic heterocycles. The van der Waals surface area contributed by atoms with E-state index in [1.165, 1.54) is 13.0 Å².